The smallest absolute Gasteiger partial charge is 0.0603 e. The van der Waals surface area contributed by atoms with Gasteiger partial charge in [-0.1, -0.05) is 35.9 Å². The quantitative estimate of drug-likeness (QED) is 0.425. The molecule has 19 heavy (non-hydrogen) atoms. The van der Waals surface area contributed by atoms with Crippen molar-refractivity contribution in [2.24, 2.45) is 0 Å². The number of aryl methyl sites for hydroxylation is 1. The second-order valence-electron chi connectivity index (χ2n) is 4.24. The van der Waals surface area contributed by atoms with Crippen molar-refractivity contribution in [3.63, 3.8) is 0 Å². The van der Waals surface area contributed by atoms with Gasteiger partial charge in [-0.05, 0) is 55.8 Å². The van der Waals surface area contributed by atoms with Crippen molar-refractivity contribution in [1.82, 2.24) is 0 Å². The molecule has 0 N–H and O–H groups in total. The van der Waals surface area contributed by atoms with E-state index in [0.717, 1.165) is 8.95 Å². The highest BCUT2D eigenvalue weighted by molar-refractivity contribution is 9.13. The Morgan fingerprint density at radius 2 is 1.74 bits per heavy atom. The molecule has 4 heteroatoms. The summed E-state index contributed by atoms with van der Waals surface area (Å²) in [5.41, 5.74) is 2.55. The van der Waals surface area contributed by atoms with Crippen LogP contribution in [0.5, 0.6) is 0 Å². The highest BCUT2D eigenvalue weighted by Crippen LogP contribution is 2.49. The van der Waals surface area contributed by atoms with Crippen LogP contribution in [0.4, 0.5) is 0 Å². The van der Waals surface area contributed by atoms with Crippen LogP contribution in [0.15, 0.2) is 50.7 Å². The van der Waals surface area contributed by atoms with E-state index in [2.05, 4.69) is 80.6 Å². The summed E-state index contributed by atoms with van der Waals surface area (Å²) in [5, 5.41) is 2.11. The summed E-state index contributed by atoms with van der Waals surface area (Å²) < 4.78 is 2.29. The molecule has 0 bridgehead atoms. The standard InChI is InChI=1S/C15H10Br2S2/c1-9-4-2-5-10(8-9)14-12(16)13(17)15(19-14)11-6-3-7-18-11/h2-8H,1H3. The summed E-state index contributed by atoms with van der Waals surface area (Å²) >= 11 is 11.0. The van der Waals surface area contributed by atoms with Crippen molar-refractivity contribution in [2.45, 2.75) is 6.92 Å². The molecule has 0 aliphatic carbocycles. The topological polar surface area (TPSA) is 0 Å². The zero-order valence-electron chi connectivity index (χ0n) is 10.1. The lowest BCUT2D eigenvalue weighted by Gasteiger charge is -2.00. The average molecular weight is 414 g/mol. The normalized spacial score (nSPS) is 10.9. The van der Waals surface area contributed by atoms with Crippen molar-refractivity contribution >= 4 is 54.5 Å². The van der Waals surface area contributed by atoms with Crippen LogP contribution in [-0.2, 0) is 0 Å². The van der Waals surface area contributed by atoms with E-state index in [9.17, 15) is 0 Å². The molecule has 1 aromatic carbocycles. The lowest BCUT2D eigenvalue weighted by Crippen LogP contribution is -1.75. The van der Waals surface area contributed by atoms with E-state index in [-0.39, 0.29) is 0 Å². The van der Waals surface area contributed by atoms with Crippen LogP contribution in [0.3, 0.4) is 0 Å². The minimum Gasteiger partial charge on any atom is -0.143 e. The van der Waals surface area contributed by atoms with E-state index in [0.29, 0.717) is 0 Å². The molecule has 0 atom stereocenters. The molecule has 0 saturated carbocycles. The molecule has 2 heterocycles. The number of rotatable bonds is 2. The highest BCUT2D eigenvalue weighted by atomic mass is 79.9. The SMILES string of the molecule is Cc1cccc(-c2sc(-c3cccs3)c(Br)c2Br)c1. The first-order valence-corrected chi connectivity index (χ1v) is 9.03. The van der Waals surface area contributed by atoms with Crippen molar-refractivity contribution in [3.8, 4) is 20.2 Å². The summed E-state index contributed by atoms with van der Waals surface area (Å²) in [6, 6.07) is 12.9. The summed E-state index contributed by atoms with van der Waals surface area (Å²) in [6.45, 7) is 2.13. The fourth-order valence-corrected chi connectivity index (χ4v) is 5.59. The van der Waals surface area contributed by atoms with Crippen molar-refractivity contribution in [1.29, 1.82) is 0 Å². The highest BCUT2D eigenvalue weighted by Gasteiger charge is 2.17. The monoisotopic (exact) mass is 412 g/mol. The van der Waals surface area contributed by atoms with E-state index >= 15 is 0 Å². The second-order valence-corrected chi connectivity index (χ2v) is 7.79. The van der Waals surface area contributed by atoms with Gasteiger partial charge in [0.2, 0.25) is 0 Å². The van der Waals surface area contributed by atoms with Gasteiger partial charge in [0, 0.05) is 4.88 Å². The Hall–Kier alpha value is -0.420. The Labute approximate surface area is 137 Å². The minimum atomic E-state index is 1.14. The summed E-state index contributed by atoms with van der Waals surface area (Å²) in [7, 11) is 0. The molecule has 2 aromatic heterocycles. The van der Waals surface area contributed by atoms with Gasteiger partial charge < -0.3 is 0 Å². The van der Waals surface area contributed by atoms with Crippen LogP contribution < -0.4 is 0 Å². The Bertz CT molecular complexity index is 712. The van der Waals surface area contributed by atoms with Gasteiger partial charge >= 0.3 is 0 Å². The second kappa shape index (κ2) is 5.52. The van der Waals surface area contributed by atoms with Crippen LogP contribution in [0.1, 0.15) is 5.56 Å². The Morgan fingerprint density at radius 1 is 0.947 bits per heavy atom. The molecule has 96 valence electrons. The molecule has 0 aliphatic heterocycles. The van der Waals surface area contributed by atoms with Gasteiger partial charge in [-0.25, -0.2) is 0 Å². The Kier molecular flexibility index (Phi) is 3.94. The fourth-order valence-electron chi connectivity index (χ4n) is 1.93. The maximum absolute atomic E-state index is 3.72. The molecule has 0 nitrogen and oxygen atoms in total. The summed E-state index contributed by atoms with van der Waals surface area (Å²) in [4.78, 5) is 3.87. The molecule has 3 rings (SSSR count). The van der Waals surface area contributed by atoms with Crippen LogP contribution in [0.25, 0.3) is 20.2 Å². The average Bonchev–Trinajstić information content (AvgIpc) is 3.00. The van der Waals surface area contributed by atoms with Gasteiger partial charge in [0.05, 0.1) is 18.7 Å². The van der Waals surface area contributed by atoms with Crippen LogP contribution in [0.2, 0.25) is 0 Å². The fraction of sp³-hybridized carbons (Fsp3) is 0.0667. The van der Waals surface area contributed by atoms with Crippen LogP contribution in [-0.4, -0.2) is 0 Å². The molecule has 3 aromatic rings. The number of halogens is 2. The predicted molar refractivity (Wildman–Crippen MR) is 93.2 cm³/mol. The van der Waals surface area contributed by atoms with Gasteiger partial charge in [-0.3, -0.25) is 0 Å². The van der Waals surface area contributed by atoms with Crippen molar-refractivity contribution in [3.05, 3.63) is 56.3 Å². The molecular weight excluding hydrogens is 404 g/mol. The molecule has 0 amide bonds. The molecule has 0 saturated heterocycles. The predicted octanol–water partition coefficient (Wildman–Crippen LogP) is 6.98. The first-order chi connectivity index (χ1) is 9.16. The number of hydrogen-bond donors (Lipinski definition) is 0. The van der Waals surface area contributed by atoms with Gasteiger partial charge in [-0.15, -0.1) is 22.7 Å². The summed E-state index contributed by atoms with van der Waals surface area (Å²) in [6.07, 6.45) is 0. The van der Waals surface area contributed by atoms with E-state index in [1.165, 1.54) is 25.8 Å². The molecule has 0 spiro atoms. The van der Waals surface area contributed by atoms with Gasteiger partial charge in [-0.2, -0.15) is 0 Å². The lowest BCUT2D eigenvalue weighted by molar-refractivity contribution is 1.47. The van der Waals surface area contributed by atoms with Crippen molar-refractivity contribution < 1.29 is 0 Å². The minimum absolute atomic E-state index is 1.14. The maximum atomic E-state index is 3.72. The third-order valence-corrected chi connectivity index (χ3v) is 7.75. The van der Waals surface area contributed by atoms with Crippen LogP contribution in [0, 0.1) is 6.92 Å². The molecular formula is C15H10Br2S2. The van der Waals surface area contributed by atoms with Crippen molar-refractivity contribution in [2.75, 3.05) is 0 Å². The third kappa shape index (κ3) is 2.59. The maximum Gasteiger partial charge on any atom is 0.0603 e. The number of thiophene rings is 2. The largest absolute Gasteiger partial charge is 0.143 e. The van der Waals surface area contributed by atoms with E-state index in [4.69, 9.17) is 0 Å². The number of benzene rings is 1. The Balaban J connectivity index is 2.16. The number of hydrogen-bond acceptors (Lipinski definition) is 2. The molecule has 0 aliphatic rings. The third-order valence-electron chi connectivity index (χ3n) is 2.82. The first-order valence-electron chi connectivity index (χ1n) is 5.75. The zero-order chi connectivity index (χ0) is 13.4. The molecule has 0 radical (unpaired) electrons. The molecule has 0 fully saturated rings. The lowest BCUT2D eigenvalue weighted by atomic mass is 10.1. The van der Waals surface area contributed by atoms with Gasteiger partial charge in [0.1, 0.15) is 0 Å². The summed E-state index contributed by atoms with van der Waals surface area (Å²) in [5.74, 6) is 0. The Morgan fingerprint density at radius 3 is 2.42 bits per heavy atom. The van der Waals surface area contributed by atoms with Gasteiger partial charge in [0.25, 0.3) is 0 Å². The van der Waals surface area contributed by atoms with E-state index < -0.39 is 0 Å². The zero-order valence-corrected chi connectivity index (χ0v) is 14.9. The molecule has 0 unspecified atom stereocenters. The van der Waals surface area contributed by atoms with E-state index in [1.54, 1.807) is 11.3 Å². The van der Waals surface area contributed by atoms with E-state index in [1.807, 2.05) is 11.3 Å². The van der Waals surface area contributed by atoms with Crippen LogP contribution >= 0.6 is 54.5 Å². The first kappa shape index (κ1) is 13.6. The van der Waals surface area contributed by atoms with Gasteiger partial charge in [0.15, 0.2) is 0 Å².